The number of methoxy groups -OCH3 is 4. The Kier molecular flexibility index (Phi) is 8.24. The maximum Gasteiger partial charge on any atom is 0.295 e. The van der Waals surface area contributed by atoms with Crippen molar-refractivity contribution in [2.75, 3.05) is 55.6 Å². The Morgan fingerprint density at radius 3 is 2.17 bits per heavy atom. The number of ether oxygens (including phenoxy) is 4. The summed E-state index contributed by atoms with van der Waals surface area (Å²) in [7, 11) is 9.87. The van der Waals surface area contributed by atoms with Crippen LogP contribution in [0.5, 0.6) is 23.0 Å². The highest BCUT2D eigenvalue weighted by Gasteiger charge is 2.46. The summed E-state index contributed by atoms with van der Waals surface area (Å²) in [6.45, 7) is 1.04. The van der Waals surface area contributed by atoms with Crippen LogP contribution in [-0.4, -0.2) is 82.2 Å². The molecular weight excluding hydrogens is 452 g/mol. The molecule has 1 aliphatic heterocycles. The standard InChI is InChI=1S/C26H32N2O7/c1-27(2)11-8-12-28-22(17-14-19(33-4)25(35-6)20(15-17)34-5)21(24(30)26(28)31)23(29)16-9-7-10-18(13-16)32-3/h7,9-10,13-15,22,29H,8,11-12H2,1-6H3/b23-21+/t22-/m0/s1. The van der Waals surface area contributed by atoms with Crippen molar-refractivity contribution in [3.8, 4) is 23.0 Å². The van der Waals surface area contributed by atoms with Crippen molar-refractivity contribution < 1.29 is 33.6 Å². The molecule has 3 rings (SSSR count). The summed E-state index contributed by atoms with van der Waals surface area (Å²) in [5.74, 6) is -0.0593. The minimum atomic E-state index is -0.850. The van der Waals surface area contributed by atoms with Crippen molar-refractivity contribution in [3.63, 3.8) is 0 Å². The number of carbonyl (C=O) groups is 2. The Labute approximate surface area is 205 Å². The van der Waals surface area contributed by atoms with Gasteiger partial charge in [0.15, 0.2) is 11.5 Å². The molecule has 1 saturated heterocycles. The molecule has 0 spiro atoms. The predicted molar refractivity (Wildman–Crippen MR) is 131 cm³/mol. The van der Waals surface area contributed by atoms with Gasteiger partial charge in [-0.05, 0) is 56.9 Å². The average Bonchev–Trinajstić information content (AvgIpc) is 3.12. The van der Waals surface area contributed by atoms with Crippen LogP contribution in [0, 0.1) is 0 Å². The molecule has 1 atom stereocenters. The first-order valence-corrected chi connectivity index (χ1v) is 11.1. The van der Waals surface area contributed by atoms with Crippen molar-refractivity contribution in [2.24, 2.45) is 0 Å². The zero-order valence-electron chi connectivity index (χ0n) is 21.0. The number of aliphatic hydroxyl groups is 1. The zero-order chi connectivity index (χ0) is 25.7. The van der Waals surface area contributed by atoms with Gasteiger partial charge in [-0.15, -0.1) is 0 Å². The highest BCUT2D eigenvalue weighted by atomic mass is 16.5. The van der Waals surface area contributed by atoms with E-state index in [4.69, 9.17) is 18.9 Å². The second-order valence-corrected chi connectivity index (χ2v) is 8.34. The highest BCUT2D eigenvalue weighted by molar-refractivity contribution is 6.46. The van der Waals surface area contributed by atoms with Crippen LogP contribution in [0.4, 0.5) is 0 Å². The minimum Gasteiger partial charge on any atom is -0.507 e. The van der Waals surface area contributed by atoms with Crippen LogP contribution < -0.4 is 18.9 Å². The van der Waals surface area contributed by atoms with Gasteiger partial charge in [-0.1, -0.05) is 12.1 Å². The molecule has 1 amide bonds. The summed E-state index contributed by atoms with van der Waals surface area (Å²) >= 11 is 0. The number of likely N-dealkylation sites (tertiary alicyclic amines) is 1. The number of ketones is 1. The molecule has 1 N–H and O–H groups in total. The van der Waals surface area contributed by atoms with E-state index >= 15 is 0 Å². The van der Waals surface area contributed by atoms with Crippen molar-refractivity contribution in [2.45, 2.75) is 12.5 Å². The molecule has 0 aromatic heterocycles. The van der Waals surface area contributed by atoms with Gasteiger partial charge in [0.1, 0.15) is 11.5 Å². The molecule has 2 aromatic rings. The second kappa shape index (κ2) is 11.1. The number of rotatable bonds is 10. The molecule has 0 unspecified atom stereocenters. The maximum atomic E-state index is 13.3. The van der Waals surface area contributed by atoms with Crippen LogP contribution in [0.15, 0.2) is 42.0 Å². The maximum absolute atomic E-state index is 13.3. The SMILES string of the molecule is COc1cccc(/C(O)=C2\C(=O)C(=O)N(CCCN(C)C)[C@H]2c2cc(OC)c(OC)c(OC)c2)c1. The molecule has 0 aliphatic carbocycles. The van der Waals surface area contributed by atoms with Crippen molar-refractivity contribution in [1.82, 2.24) is 9.80 Å². The number of Topliss-reactive ketones (excluding diaryl/α,β-unsaturated/α-hetero) is 1. The lowest BCUT2D eigenvalue weighted by atomic mass is 9.94. The van der Waals surface area contributed by atoms with E-state index in [0.717, 1.165) is 6.54 Å². The second-order valence-electron chi connectivity index (χ2n) is 8.34. The van der Waals surface area contributed by atoms with Gasteiger partial charge in [-0.2, -0.15) is 0 Å². The summed E-state index contributed by atoms with van der Waals surface area (Å²) in [6.07, 6.45) is 0.639. The summed E-state index contributed by atoms with van der Waals surface area (Å²) in [6, 6.07) is 9.23. The molecule has 0 bridgehead atoms. The lowest BCUT2D eigenvalue weighted by Gasteiger charge is -2.27. The van der Waals surface area contributed by atoms with Crippen LogP contribution in [0.2, 0.25) is 0 Å². The van der Waals surface area contributed by atoms with Gasteiger partial charge in [0.25, 0.3) is 11.7 Å². The molecule has 1 aliphatic rings. The molecule has 9 nitrogen and oxygen atoms in total. The molecule has 9 heteroatoms. The van der Waals surface area contributed by atoms with E-state index in [2.05, 4.69) is 0 Å². The smallest absolute Gasteiger partial charge is 0.295 e. The van der Waals surface area contributed by atoms with E-state index in [1.807, 2.05) is 19.0 Å². The fourth-order valence-corrected chi connectivity index (χ4v) is 4.20. The number of hydrogen-bond donors (Lipinski definition) is 1. The number of carbonyl (C=O) groups excluding carboxylic acids is 2. The summed E-state index contributed by atoms with van der Waals surface area (Å²) < 4.78 is 21.7. The van der Waals surface area contributed by atoms with Crippen LogP contribution >= 0.6 is 0 Å². The highest BCUT2D eigenvalue weighted by Crippen LogP contribution is 2.45. The Bertz CT molecular complexity index is 1100. The summed E-state index contributed by atoms with van der Waals surface area (Å²) in [4.78, 5) is 29.9. The van der Waals surface area contributed by atoms with Crippen LogP contribution in [0.25, 0.3) is 5.76 Å². The van der Waals surface area contributed by atoms with E-state index in [1.165, 1.54) is 33.3 Å². The van der Waals surface area contributed by atoms with Crippen molar-refractivity contribution in [1.29, 1.82) is 0 Å². The van der Waals surface area contributed by atoms with Crippen LogP contribution in [-0.2, 0) is 9.59 Å². The molecule has 1 fully saturated rings. The Morgan fingerprint density at radius 2 is 1.63 bits per heavy atom. The molecular formula is C26H32N2O7. The van der Waals surface area contributed by atoms with E-state index in [9.17, 15) is 14.7 Å². The number of nitrogens with zero attached hydrogens (tertiary/aromatic N) is 2. The van der Waals surface area contributed by atoms with Gasteiger partial charge >= 0.3 is 0 Å². The van der Waals surface area contributed by atoms with Crippen LogP contribution in [0.3, 0.4) is 0 Å². The van der Waals surface area contributed by atoms with Gasteiger partial charge in [0.05, 0.1) is 40.1 Å². The Hall–Kier alpha value is -3.72. The van der Waals surface area contributed by atoms with E-state index in [1.54, 1.807) is 36.4 Å². The van der Waals surface area contributed by atoms with Crippen LogP contribution in [0.1, 0.15) is 23.6 Å². The van der Waals surface area contributed by atoms with E-state index < -0.39 is 17.7 Å². The lowest BCUT2D eigenvalue weighted by Crippen LogP contribution is -2.32. The molecule has 188 valence electrons. The van der Waals surface area contributed by atoms with Gasteiger partial charge in [-0.3, -0.25) is 9.59 Å². The first-order valence-electron chi connectivity index (χ1n) is 11.1. The molecule has 2 aromatic carbocycles. The third-order valence-corrected chi connectivity index (χ3v) is 5.89. The van der Waals surface area contributed by atoms with Crippen molar-refractivity contribution in [3.05, 3.63) is 53.1 Å². The average molecular weight is 485 g/mol. The number of hydrogen-bond acceptors (Lipinski definition) is 8. The fourth-order valence-electron chi connectivity index (χ4n) is 4.20. The van der Waals surface area contributed by atoms with Gasteiger partial charge in [-0.25, -0.2) is 0 Å². The lowest BCUT2D eigenvalue weighted by molar-refractivity contribution is -0.139. The third kappa shape index (κ3) is 5.19. The Morgan fingerprint density at radius 1 is 0.971 bits per heavy atom. The van der Waals surface area contributed by atoms with Gasteiger partial charge in [0.2, 0.25) is 5.75 Å². The number of benzene rings is 2. The summed E-state index contributed by atoms with van der Waals surface area (Å²) in [5.41, 5.74) is 0.906. The van der Waals surface area contributed by atoms with Gasteiger partial charge < -0.3 is 33.9 Å². The van der Waals surface area contributed by atoms with Gasteiger partial charge in [0, 0.05) is 12.1 Å². The van der Waals surface area contributed by atoms with Crippen molar-refractivity contribution >= 4 is 17.4 Å². The Balaban J connectivity index is 2.22. The van der Waals surface area contributed by atoms with E-state index in [-0.39, 0.29) is 11.3 Å². The fraction of sp³-hybridized carbons (Fsp3) is 0.385. The molecule has 0 radical (unpaired) electrons. The quantitative estimate of drug-likeness (QED) is 0.312. The normalized spacial score (nSPS) is 17.1. The molecule has 35 heavy (non-hydrogen) atoms. The topological polar surface area (TPSA) is 97.8 Å². The molecule has 0 saturated carbocycles. The number of aliphatic hydroxyl groups excluding tert-OH is 1. The zero-order valence-corrected chi connectivity index (χ0v) is 21.0. The summed E-state index contributed by atoms with van der Waals surface area (Å²) in [5, 5.41) is 11.3. The first kappa shape index (κ1) is 25.9. The molecule has 1 heterocycles. The monoisotopic (exact) mass is 484 g/mol. The minimum absolute atomic E-state index is 0.0117. The predicted octanol–water partition coefficient (Wildman–Crippen LogP) is 3.09. The number of amides is 1. The third-order valence-electron chi connectivity index (χ3n) is 5.89. The first-order chi connectivity index (χ1) is 16.8. The largest absolute Gasteiger partial charge is 0.507 e. The van der Waals surface area contributed by atoms with E-state index in [0.29, 0.717) is 47.1 Å².